The molecule has 1 saturated carbocycles. The van der Waals surface area contributed by atoms with E-state index < -0.39 is 0 Å². The van der Waals surface area contributed by atoms with Crippen LogP contribution in [0.1, 0.15) is 25.5 Å². The van der Waals surface area contributed by atoms with E-state index in [0.717, 1.165) is 16.6 Å². The zero-order valence-corrected chi connectivity index (χ0v) is 12.5. The Balaban J connectivity index is 1.84. The summed E-state index contributed by atoms with van der Waals surface area (Å²) in [5, 5.41) is 3.02. The number of thioether (sulfide) groups is 1. The van der Waals surface area contributed by atoms with Crippen LogP contribution < -0.4 is 4.90 Å². The number of nitrogens with zero attached hydrogens (tertiary/aromatic N) is 2. The van der Waals surface area contributed by atoms with Crippen molar-refractivity contribution in [2.45, 2.75) is 36.8 Å². The predicted octanol–water partition coefficient (Wildman–Crippen LogP) is 2.54. The summed E-state index contributed by atoms with van der Waals surface area (Å²) in [5.41, 5.74) is 1.04. The fraction of sp³-hybridized carbons (Fsp3) is 0.667. The average molecular weight is 286 g/mol. The molecule has 2 rings (SSSR count). The summed E-state index contributed by atoms with van der Waals surface area (Å²) in [6.45, 7) is 1.86. The third kappa shape index (κ3) is 3.38. The second-order valence-corrected chi connectivity index (χ2v) is 6.61. The van der Waals surface area contributed by atoms with Gasteiger partial charge in [-0.2, -0.15) is 0 Å². The van der Waals surface area contributed by atoms with Gasteiger partial charge < -0.3 is 9.64 Å². The molecule has 100 valence electrons. The van der Waals surface area contributed by atoms with Gasteiger partial charge in [-0.15, -0.1) is 23.1 Å². The fourth-order valence-corrected chi connectivity index (χ4v) is 3.36. The Bertz CT molecular complexity index is 418. The van der Waals surface area contributed by atoms with Crippen molar-refractivity contribution >= 4 is 34.2 Å². The van der Waals surface area contributed by atoms with Crippen LogP contribution in [0.25, 0.3) is 0 Å². The molecule has 0 N–H and O–H groups in total. The van der Waals surface area contributed by atoms with E-state index in [1.165, 1.54) is 20.0 Å². The Labute approximate surface area is 116 Å². The standard InChI is InChI=1S/C12H18N2O2S2/c1-8(11(15)16-3)17-6-9-7-18-12(13-9)14(2)10-4-5-10/h7-8,10H,4-6H2,1-3H3. The molecule has 1 aromatic rings. The first kappa shape index (κ1) is 13.7. The second-order valence-electron chi connectivity index (χ2n) is 4.44. The van der Waals surface area contributed by atoms with Crippen molar-refractivity contribution in [3.8, 4) is 0 Å². The van der Waals surface area contributed by atoms with Gasteiger partial charge in [-0.25, -0.2) is 4.98 Å². The van der Waals surface area contributed by atoms with Crippen LogP contribution in [-0.4, -0.2) is 36.4 Å². The largest absolute Gasteiger partial charge is 0.468 e. The van der Waals surface area contributed by atoms with Crippen LogP contribution >= 0.6 is 23.1 Å². The molecule has 0 saturated heterocycles. The number of ether oxygens (including phenoxy) is 1. The van der Waals surface area contributed by atoms with Crippen LogP contribution in [-0.2, 0) is 15.3 Å². The first-order valence-corrected chi connectivity index (χ1v) is 7.91. The summed E-state index contributed by atoms with van der Waals surface area (Å²) in [7, 11) is 3.52. The highest BCUT2D eigenvalue weighted by Gasteiger charge is 2.28. The topological polar surface area (TPSA) is 42.4 Å². The van der Waals surface area contributed by atoms with E-state index in [1.807, 2.05) is 6.92 Å². The lowest BCUT2D eigenvalue weighted by atomic mass is 10.5. The molecular weight excluding hydrogens is 268 g/mol. The van der Waals surface area contributed by atoms with Crippen LogP contribution in [0.15, 0.2) is 5.38 Å². The van der Waals surface area contributed by atoms with Gasteiger partial charge in [-0.1, -0.05) is 0 Å². The van der Waals surface area contributed by atoms with Gasteiger partial charge in [0.05, 0.1) is 18.1 Å². The number of thiazole rings is 1. The molecule has 0 spiro atoms. The second kappa shape index (κ2) is 5.93. The summed E-state index contributed by atoms with van der Waals surface area (Å²) in [4.78, 5) is 18.1. The molecule has 1 heterocycles. The SMILES string of the molecule is COC(=O)C(C)SCc1csc(N(C)C2CC2)n1. The highest BCUT2D eigenvalue weighted by molar-refractivity contribution is 7.99. The molecule has 4 nitrogen and oxygen atoms in total. The Morgan fingerprint density at radius 3 is 3.06 bits per heavy atom. The molecule has 0 radical (unpaired) electrons. The van der Waals surface area contributed by atoms with Crippen LogP contribution in [0, 0.1) is 0 Å². The van der Waals surface area contributed by atoms with E-state index >= 15 is 0 Å². The van der Waals surface area contributed by atoms with Gasteiger partial charge in [0.2, 0.25) is 0 Å². The summed E-state index contributed by atoms with van der Waals surface area (Å²) >= 11 is 3.24. The van der Waals surface area contributed by atoms with E-state index in [4.69, 9.17) is 4.74 Å². The first-order valence-electron chi connectivity index (χ1n) is 5.98. The van der Waals surface area contributed by atoms with E-state index in [0.29, 0.717) is 6.04 Å². The Hall–Kier alpha value is -0.750. The lowest BCUT2D eigenvalue weighted by Gasteiger charge is -2.13. The first-order chi connectivity index (χ1) is 8.61. The third-order valence-corrected chi connectivity index (χ3v) is 5.09. The minimum atomic E-state index is -0.175. The molecule has 1 aliphatic carbocycles. The van der Waals surface area contributed by atoms with Crippen LogP contribution in [0.4, 0.5) is 5.13 Å². The molecule has 0 aliphatic heterocycles. The quantitative estimate of drug-likeness (QED) is 0.752. The molecule has 6 heteroatoms. The maximum atomic E-state index is 11.3. The van der Waals surface area contributed by atoms with Crippen molar-refractivity contribution in [2.75, 3.05) is 19.1 Å². The monoisotopic (exact) mass is 286 g/mol. The maximum Gasteiger partial charge on any atom is 0.318 e. The number of methoxy groups -OCH3 is 1. The van der Waals surface area contributed by atoms with Gasteiger partial charge in [0.1, 0.15) is 0 Å². The Morgan fingerprint density at radius 2 is 2.44 bits per heavy atom. The number of rotatable bonds is 6. The van der Waals surface area contributed by atoms with E-state index in [1.54, 1.807) is 23.1 Å². The average Bonchev–Trinajstić information content (AvgIpc) is 3.13. The van der Waals surface area contributed by atoms with Crippen LogP contribution in [0.5, 0.6) is 0 Å². The molecular formula is C12H18N2O2S2. The van der Waals surface area contributed by atoms with Crippen molar-refractivity contribution in [1.29, 1.82) is 0 Å². The summed E-state index contributed by atoms with van der Waals surface area (Å²) in [5.74, 6) is 0.580. The third-order valence-electron chi connectivity index (χ3n) is 2.95. The number of carbonyl (C=O) groups is 1. The molecule has 1 unspecified atom stereocenters. The zero-order valence-electron chi connectivity index (χ0n) is 10.9. The van der Waals surface area contributed by atoms with Gasteiger partial charge in [0.25, 0.3) is 0 Å². The Morgan fingerprint density at radius 1 is 1.72 bits per heavy atom. The van der Waals surface area contributed by atoms with Crippen molar-refractivity contribution in [3.63, 3.8) is 0 Å². The number of esters is 1. The number of anilines is 1. The minimum absolute atomic E-state index is 0.138. The number of carbonyl (C=O) groups excluding carboxylic acids is 1. The van der Waals surface area contributed by atoms with Crippen molar-refractivity contribution in [2.24, 2.45) is 0 Å². The minimum Gasteiger partial charge on any atom is -0.468 e. The van der Waals surface area contributed by atoms with Gasteiger partial charge >= 0.3 is 5.97 Å². The highest BCUT2D eigenvalue weighted by atomic mass is 32.2. The number of aromatic nitrogens is 1. The number of hydrogen-bond donors (Lipinski definition) is 0. The lowest BCUT2D eigenvalue weighted by Crippen LogP contribution is -2.19. The molecule has 0 aromatic carbocycles. The zero-order chi connectivity index (χ0) is 13.1. The van der Waals surface area contributed by atoms with Crippen molar-refractivity contribution < 1.29 is 9.53 Å². The van der Waals surface area contributed by atoms with Crippen molar-refractivity contribution in [1.82, 2.24) is 4.98 Å². The van der Waals surface area contributed by atoms with E-state index in [2.05, 4.69) is 22.3 Å². The molecule has 1 fully saturated rings. The lowest BCUT2D eigenvalue weighted by molar-refractivity contribution is -0.139. The molecule has 0 amide bonds. The maximum absolute atomic E-state index is 11.3. The Kier molecular flexibility index (Phi) is 4.50. The van der Waals surface area contributed by atoms with E-state index in [9.17, 15) is 4.79 Å². The van der Waals surface area contributed by atoms with E-state index in [-0.39, 0.29) is 11.2 Å². The molecule has 0 bridgehead atoms. The highest BCUT2D eigenvalue weighted by Crippen LogP contribution is 2.32. The van der Waals surface area contributed by atoms with Gasteiger partial charge in [0.15, 0.2) is 5.13 Å². The van der Waals surface area contributed by atoms with Gasteiger partial charge in [-0.3, -0.25) is 4.79 Å². The van der Waals surface area contributed by atoms with Gasteiger partial charge in [-0.05, 0) is 19.8 Å². The summed E-state index contributed by atoms with van der Waals surface area (Å²) in [6.07, 6.45) is 2.55. The summed E-state index contributed by atoms with van der Waals surface area (Å²) in [6, 6.07) is 0.686. The molecule has 1 aliphatic rings. The molecule has 1 aromatic heterocycles. The normalized spacial score (nSPS) is 16.4. The summed E-state index contributed by atoms with van der Waals surface area (Å²) < 4.78 is 4.70. The van der Waals surface area contributed by atoms with Crippen LogP contribution in [0.2, 0.25) is 0 Å². The fourth-order valence-electron chi connectivity index (χ4n) is 1.59. The smallest absolute Gasteiger partial charge is 0.318 e. The predicted molar refractivity (Wildman–Crippen MR) is 76.3 cm³/mol. The van der Waals surface area contributed by atoms with Crippen LogP contribution in [0.3, 0.4) is 0 Å². The van der Waals surface area contributed by atoms with Crippen molar-refractivity contribution in [3.05, 3.63) is 11.1 Å². The van der Waals surface area contributed by atoms with Gasteiger partial charge in [0, 0.05) is 24.2 Å². The molecule has 18 heavy (non-hydrogen) atoms. The molecule has 1 atom stereocenters. The number of hydrogen-bond acceptors (Lipinski definition) is 6.